The van der Waals surface area contributed by atoms with Crippen LogP contribution in [0.1, 0.15) is 44.1 Å². The first-order valence-electron chi connectivity index (χ1n) is 7.80. The third-order valence-electron chi connectivity index (χ3n) is 5.75. The fourth-order valence-electron chi connectivity index (χ4n) is 5.37. The van der Waals surface area contributed by atoms with Crippen LogP contribution in [0.5, 0.6) is 0 Å². The van der Waals surface area contributed by atoms with Gasteiger partial charge in [-0.15, -0.1) is 0 Å². The molecule has 5 rings (SSSR count). The molecule has 1 heterocycles. The van der Waals surface area contributed by atoms with Crippen molar-refractivity contribution < 1.29 is 0 Å². The molecule has 0 aromatic carbocycles. The van der Waals surface area contributed by atoms with Crippen LogP contribution in [-0.4, -0.2) is 4.98 Å². The quantitative estimate of drug-likeness (QED) is 0.750. The van der Waals surface area contributed by atoms with Crippen molar-refractivity contribution in [2.24, 2.45) is 23.2 Å². The van der Waals surface area contributed by atoms with Crippen LogP contribution in [0.2, 0.25) is 0 Å². The monoisotopic (exact) mass is 264 g/mol. The summed E-state index contributed by atoms with van der Waals surface area (Å²) in [6, 6.07) is 6.54. The molecule has 4 aliphatic carbocycles. The SMILES string of the molecule is N#C/C(=C\c1ccncc1)C12CC3CC(CC(C3)C1)C2. The van der Waals surface area contributed by atoms with Gasteiger partial charge in [0.25, 0.3) is 0 Å². The molecular formula is C18H20N2. The van der Waals surface area contributed by atoms with Crippen LogP contribution in [0.25, 0.3) is 6.08 Å². The first-order valence-corrected chi connectivity index (χ1v) is 7.80. The fourth-order valence-corrected chi connectivity index (χ4v) is 5.37. The Morgan fingerprint density at radius 1 is 1.10 bits per heavy atom. The smallest absolute Gasteiger partial charge is 0.0953 e. The van der Waals surface area contributed by atoms with E-state index in [1.165, 1.54) is 38.5 Å². The first kappa shape index (κ1) is 12.1. The normalized spacial score (nSPS) is 38.8. The van der Waals surface area contributed by atoms with Crippen molar-refractivity contribution in [2.45, 2.75) is 38.5 Å². The molecule has 0 unspecified atom stereocenters. The minimum Gasteiger partial charge on any atom is -0.265 e. The fraction of sp³-hybridized carbons (Fsp3) is 0.556. The number of pyridine rings is 1. The van der Waals surface area contributed by atoms with Crippen molar-refractivity contribution >= 4 is 6.08 Å². The maximum Gasteiger partial charge on any atom is 0.0953 e. The minimum absolute atomic E-state index is 0.201. The van der Waals surface area contributed by atoms with Gasteiger partial charge < -0.3 is 0 Å². The molecule has 20 heavy (non-hydrogen) atoms. The minimum atomic E-state index is 0.201. The number of allylic oxidation sites excluding steroid dienone is 1. The maximum atomic E-state index is 9.71. The third kappa shape index (κ3) is 1.88. The maximum absolute atomic E-state index is 9.71. The molecule has 1 aromatic rings. The molecular weight excluding hydrogens is 244 g/mol. The van der Waals surface area contributed by atoms with E-state index in [0.29, 0.717) is 0 Å². The van der Waals surface area contributed by atoms with Gasteiger partial charge in [-0.25, -0.2) is 0 Å². The van der Waals surface area contributed by atoms with Gasteiger partial charge >= 0.3 is 0 Å². The summed E-state index contributed by atoms with van der Waals surface area (Å²) >= 11 is 0. The third-order valence-corrected chi connectivity index (χ3v) is 5.75. The predicted octanol–water partition coefficient (Wildman–Crippen LogP) is 4.20. The van der Waals surface area contributed by atoms with Crippen LogP contribution in [0.4, 0.5) is 0 Å². The Morgan fingerprint density at radius 2 is 1.65 bits per heavy atom. The zero-order chi connectivity index (χ0) is 13.6. The van der Waals surface area contributed by atoms with Crippen molar-refractivity contribution in [3.63, 3.8) is 0 Å². The lowest BCUT2D eigenvalue weighted by atomic mass is 9.48. The molecule has 4 bridgehead atoms. The Bertz CT molecular complexity index is 544. The molecule has 0 atom stereocenters. The molecule has 4 fully saturated rings. The van der Waals surface area contributed by atoms with E-state index in [0.717, 1.165) is 28.9 Å². The zero-order valence-electron chi connectivity index (χ0n) is 11.8. The van der Waals surface area contributed by atoms with Gasteiger partial charge in [-0.1, -0.05) is 0 Å². The Kier molecular flexibility index (Phi) is 2.70. The average molecular weight is 264 g/mol. The Morgan fingerprint density at radius 3 is 2.15 bits per heavy atom. The first-order chi connectivity index (χ1) is 9.77. The lowest BCUT2D eigenvalue weighted by Gasteiger charge is -2.56. The highest BCUT2D eigenvalue weighted by Gasteiger charge is 2.52. The van der Waals surface area contributed by atoms with Crippen LogP contribution in [0, 0.1) is 34.5 Å². The molecule has 102 valence electrons. The van der Waals surface area contributed by atoms with Gasteiger partial charge in [0.15, 0.2) is 0 Å². The van der Waals surface area contributed by atoms with Crippen LogP contribution in [0.15, 0.2) is 30.1 Å². The molecule has 4 aliphatic rings. The molecule has 0 spiro atoms. The number of rotatable bonds is 2. The topological polar surface area (TPSA) is 36.7 Å². The predicted molar refractivity (Wildman–Crippen MR) is 78.4 cm³/mol. The van der Waals surface area contributed by atoms with E-state index < -0.39 is 0 Å². The highest BCUT2D eigenvalue weighted by molar-refractivity contribution is 5.59. The summed E-state index contributed by atoms with van der Waals surface area (Å²) in [4.78, 5) is 4.06. The van der Waals surface area contributed by atoms with Gasteiger partial charge in [0.2, 0.25) is 0 Å². The Labute approximate surface area is 120 Å². The van der Waals surface area contributed by atoms with Crippen LogP contribution in [0.3, 0.4) is 0 Å². The van der Waals surface area contributed by atoms with Gasteiger partial charge in [-0.05, 0) is 80.1 Å². The second-order valence-electron chi connectivity index (χ2n) is 7.15. The molecule has 0 amide bonds. The van der Waals surface area contributed by atoms with Crippen LogP contribution >= 0.6 is 0 Å². The van der Waals surface area contributed by atoms with E-state index in [1.54, 1.807) is 12.4 Å². The lowest BCUT2D eigenvalue weighted by molar-refractivity contribution is -0.0275. The molecule has 0 N–H and O–H groups in total. The summed E-state index contributed by atoms with van der Waals surface area (Å²) in [5.41, 5.74) is 2.35. The summed E-state index contributed by atoms with van der Waals surface area (Å²) in [7, 11) is 0. The molecule has 0 radical (unpaired) electrons. The number of nitriles is 1. The largest absolute Gasteiger partial charge is 0.265 e. The van der Waals surface area contributed by atoms with Crippen molar-refractivity contribution in [1.82, 2.24) is 4.98 Å². The average Bonchev–Trinajstić information content (AvgIpc) is 2.44. The molecule has 2 heteroatoms. The standard InChI is InChI=1S/C18H20N2/c19-12-17(8-13-1-3-20-4-2-13)18-9-14-5-15(10-18)7-16(6-14)11-18/h1-4,8,14-16H,5-7,9-11H2/b17-8+. The van der Waals surface area contributed by atoms with Crippen LogP contribution in [-0.2, 0) is 0 Å². The Hall–Kier alpha value is -1.62. The number of nitrogens with zero attached hydrogens (tertiary/aromatic N) is 2. The summed E-state index contributed by atoms with van der Waals surface area (Å²) in [6.07, 6.45) is 13.8. The van der Waals surface area contributed by atoms with E-state index in [-0.39, 0.29) is 5.41 Å². The molecule has 2 nitrogen and oxygen atoms in total. The second-order valence-corrected chi connectivity index (χ2v) is 7.15. The van der Waals surface area contributed by atoms with E-state index in [9.17, 15) is 5.26 Å². The zero-order valence-corrected chi connectivity index (χ0v) is 11.8. The molecule has 0 aliphatic heterocycles. The van der Waals surface area contributed by atoms with E-state index in [2.05, 4.69) is 17.1 Å². The molecule has 0 saturated heterocycles. The second kappa shape index (κ2) is 4.45. The highest BCUT2D eigenvalue weighted by atomic mass is 14.6. The van der Waals surface area contributed by atoms with E-state index >= 15 is 0 Å². The molecule has 4 saturated carbocycles. The summed E-state index contributed by atoms with van der Waals surface area (Å²) in [5.74, 6) is 2.65. The van der Waals surface area contributed by atoms with E-state index in [4.69, 9.17) is 0 Å². The van der Waals surface area contributed by atoms with Crippen molar-refractivity contribution in [3.05, 3.63) is 35.7 Å². The highest BCUT2D eigenvalue weighted by Crippen LogP contribution is 2.62. The number of hydrogen-bond acceptors (Lipinski definition) is 2. The van der Waals surface area contributed by atoms with Gasteiger partial charge in [-0.3, -0.25) is 4.98 Å². The summed E-state index contributed by atoms with van der Waals surface area (Å²) in [5, 5.41) is 9.71. The van der Waals surface area contributed by atoms with Crippen molar-refractivity contribution in [2.75, 3.05) is 0 Å². The lowest BCUT2D eigenvalue weighted by Crippen LogP contribution is -2.46. The van der Waals surface area contributed by atoms with Crippen molar-refractivity contribution in [3.8, 4) is 6.07 Å². The van der Waals surface area contributed by atoms with Gasteiger partial charge in [-0.2, -0.15) is 5.26 Å². The van der Waals surface area contributed by atoms with Gasteiger partial charge in [0.1, 0.15) is 0 Å². The number of aromatic nitrogens is 1. The molecule has 1 aromatic heterocycles. The van der Waals surface area contributed by atoms with Gasteiger partial charge in [0, 0.05) is 23.4 Å². The van der Waals surface area contributed by atoms with Crippen molar-refractivity contribution in [1.29, 1.82) is 5.26 Å². The van der Waals surface area contributed by atoms with Gasteiger partial charge in [0.05, 0.1) is 6.07 Å². The summed E-state index contributed by atoms with van der Waals surface area (Å²) < 4.78 is 0. The summed E-state index contributed by atoms with van der Waals surface area (Å²) in [6.45, 7) is 0. The van der Waals surface area contributed by atoms with E-state index in [1.807, 2.05) is 12.1 Å². The number of hydrogen-bond donors (Lipinski definition) is 0. The Balaban J connectivity index is 1.71. The van der Waals surface area contributed by atoms with Crippen LogP contribution < -0.4 is 0 Å².